The van der Waals surface area contributed by atoms with Crippen LogP contribution in [-0.2, 0) is 14.3 Å². The number of aryl methyl sites for hydroxylation is 2. The SMILES string of the molecule is COC(=O)C(=O)CC(=O)c1ccc(C)c(C)c1. The number of rotatable bonds is 4. The first kappa shape index (κ1) is 13.1. The van der Waals surface area contributed by atoms with E-state index in [1.54, 1.807) is 12.1 Å². The fraction of sp³-hybridized carbons (Fsp3) is 0.308. The van der Waals surface area contributed by atoms with E-state index in [4.69, 9.17) is 0 Å². The van der Waals surface area contributed by atoms with Crippen LogP contribution in [0.3, 0.4) is 0 Å². The molecule has 0 saturated carbocycles. The minimum absolute atomic E-state index is 0.372. The van der Waals surface area contributed by atoms with Crippen molar-refractivity contribution < 1.29 is 19.1 Å². The Morgan fingerprint density at radius 3 is 2.29 bits per heavy atom. The van der Waals surface area contributed by atoms with E-state index in [9.17, 15) is 14.4 Å². The zero-order valence-corrected chi connectivity index (χ0v) is 10.1. The molecular formula is C13H14O4. The molecule has 0 aromatic heterocycles. The summed E-state index contributed by atoms with van der Waals surface area (Å²) in [6.45, 7) is 3.82. The fourth-order valence-corrected chi connectivity index (χ4v) is 1.35. The van der Waals surface area contributed by atoms with Gasteiger partial charge in [-0.2, -0.15) is 0 Å². The van der Waals surface area contributed by atoms with Crippen LogP contribution in [-0.4, -0.2) is 24.6 Å². The molecule has 0 aliphatic carbocycles. The van der Waals surface area contributed by atoms with Crippen LogP contribution in [0, 0.1) is 13.8 Å². The average Bonchev–Trinajstić information content (AvgIpc) is 2.31. The number of Topliss-reactive ketones (excluding diaryl/α,β-unsaturated/α-hetero) is 2. The normalized spacial score (nSPS) is 9.82. The van der Waals surface area contributed by atoms with Gasteiger partial charge in [0.05, 0.1) is 13.5 Å². The van der Waals surface area contributed by atoms with Crippen molar-refractivity contribution >= 4 is 17.5 Å². The molecule has 1 aromatic carbocycles. The number of carbonyl (C=O) groups is 3. The Kier molecular flexibility index (Phi) is 4.15. The minimum atomic E-state index is -0.984. The number of ketones is 2. The second-order valence-corrected chi connectivity index (χ2v) is 3.81. The molecule has 0 saturated heterocycles. The molecule has 4 nitrogen and oxygen atoms in total. The van der Waals surface area contributed by atoms with E-state index in [2.05, 4.69) is 4.74 Å². The third-order valence-electron chi connectivity index (χ3n) is 2.56. The number of methoxy groups -OCH3 is 1. The largest absolute Gasteiger partial charge is 0.463 e. The maximum Gasteiger partial charge on any atom is 0.374 e. The minimum Gasteiger partial charge on any atom is -0.463 e. The van der Waals surface area contributed by atoms with Gasteiger partial charge < -0.3 is 4.74 Å². The summed E-state index contributed by atoms with van der Waals surface area (Å²) in [5.41, 5.74) is 2.48. The quantitative estimate of drug-likeness (QED) is 0.344. The molecule has 90 valence electrons. The first-order valence-electron chi connectivity index (χ1n) is 5.17. The Morgan fingerprint density at radius 2 is 1.76 bits per heavy atom. The summed E-state index contributed by atoms with van der Waals surface area (Å²) in [5, 5.41) is 0. The number of hydrogen-bond donors (Lipinski definition) is 0. The molecular weight excluding hydrogens is 220 g/mol. The first-order chi connectivity index (χ1) is 7.95. The summed E-state index contributed by atoms with van der Waals surface area (Å²) in [4.78, 5) is 33.8. The van der Waals surface area contributed by atoms with Crippen molar-refractivity contribution in [2.75, 3.05) is 7.11 Å². The molecule has 0 heterocycles. The second kappa shape index (κ2) is 5.39. The van der Waals surface area contributed by atoms with Crippen molar-refractivity contribution in [1.29, 1.82) is 0 Å². The summed E-state index contributed by atoms with van der Waals surface area (Å²) in [5.74, 6) is -2.18. The van der Waals surface area contributed by atoms with Crippen LogP contribution in [0.25, 0.3) is 0 Å². The van der Waals surface area contributed by atoms with Crippen molar-refractivity contribution in [3.63, 3.8) is 0 Å². The van der Waals surface area contributed by atoms with Gasteiger partial charge in [-0.25, -0.2) is 4.79 Å². The summed E-state index contributed by atoms with van der Waals surface area (Å²) >= 11 is 0. The zero-order chi connectivity index (χ0) is 13.0. The van der Waals surface area contributed by atoms with Gasteiger partial charge in [0.2, 0.25) is 5.78 Å². The lowest BCUT2D eigenvalue weighted by molar-refractivity contribution is -0.151. The molecule has 0 unspecified atom stereocenters. The Bertz CT molecular complexity index is 474. The molecule has 0 bridgehead atoms. The Labute approximate surface area is 99.6 Å². The first-order valence-corrected chi connectivity index (χ1v) is 5.17. The summed E-state index contributed by atoms with van der Waals surface area (Å²) in [7, 11) is 1.11. The van der Waals surface area contributed by atoms with E-state index < -0.39 is 18.2 Å². The molecule has 0 aliphatic heterocycles. The van der Waals surface area contributed by atoms with E-state index in [1.165, 1.54) is 0 Å². The van der Waals surface area contributed by atoms with Crippen LogP contribution in [0.2, 0.25) is 0 Å². The molecule has 1 rings (SSSR count). The van der Waals surface area contributed by atoms with Gasteiger partial charge in [-0.1, -0.05) is 12.1 Å². The van der Waals surface area contributed by atoms with Gasteiger partial charge in [-0.05, 0) is 31.0 Å². The Hall–Kier alpha value is -1.97. The van der Waals surface area contributed by atoms with E-state index in [-0.39, 0.29) is 5.78 Å². The second-order valence-electron chi connectivity index (χ2n) is 3.81. The van der Waals surface area contributed by atoms with E-state index in [1.807, 2.05) is 19.9 Å². The van der Waals surface area contributed by atoms with Crippen LogP contribution < -0.4 is 0 Å². The number of carbonyl (C=O) groups excluding carboxylic acids is 3. The highest BCUT2D eigenvalue weighted by Gasteiger charge is 2.19. The van der Waals surface area contributed by atoms with Crippen LogP contribution in [0.15, 0.2) is 18.2 Å². The third kappa shape index (κ3) is 3.24. The molecule has 0 spiro atoms. The summed E-state index contributed by atoms with van der Waals surface area (Å²) in [6.07, 6.45) is -0.449. The number of hydrogen-bond acceptors (Lipinski definition) is 4. The molecule has 0 fully saturated rings. The topological polar surface area (TPSA) is 60.4 Å². The predicted octanol–water partition coefficient (Wildman–Crippen LogP) is 1.62. The Balaban J connectivity index is 2.80. The van der Waals surface area contributed by atoms with Crippen molar-refractivity contribution in [3.05, 3.63) is 34.9 Å². The zero-order valence-electron chi connectivity index (χ0n) is 10.1. The van der Waals surface area contributed by atoms with Gasteiger partial charge >= 0.3 is 5.97 Å². The van der Waals surface area contributed by atoms with Crippen LogP contribution in [0.1, 0.15) is 27.9 Å². The van der Waals surface area contributed by atoms with E-state index in [0.717, 1.165) is 18.2 Å². The standard InChI is InChI=1S/C13H14O4/c1-8-4-5-10(6-9(8)2)11(14)7-12(15)13(16)17-3/h4-6H,7H2,1-3H3. The van der Waals surface area contributed by atoms with Crippen molar-refractivity contribution in [2.24, 2.45) is 0 Å². The maximum atomic E-state index is 11.7. The summed E-state index contributed by atoms with van der Waals surface area (Å²) in [6, 6.07) is 5.17. The third-order valence-corrected chi connectivity index (χ3v) is 2.56. The van der Waals surface area contributed by atoms with Crippen LogP contribution >= 0.6 is 0 Å². The highest BCUT2D eigenvalue weighted by atomic mass is 16.5. The van der Waals surface area contributed by atoms with Gasteiger partial charge in [0.25, 0.3) is 0 Å². The average molecular weight is 234 g/mol. The highest BCUT2D eigenvalue weighted by Crippen LogP contribution is 2.11. The lowest BCUT2D eigenvalue weighted by Gasteiger charge is -2.03. The van der Waals surface area contributed by atoms with Crippen LogP contribution in [0.4, 0.5) is 0 Å². The van der Waals surface area contributed by atoms with Crippen LogP contribution in [0.5, 0.6) is 0 Å². The molecule has 0 N–H and O–H groups in total. The van der Waals surface area contributed by atoms with Crippen molar-refractivity contribution in [2.45, 2.75) is 20.3 Å². The smallest absolute Gasteiger partial charge is 0.374 e. The number of benzene rings is 1. The van der Waals surface area contributed by atoms with Gasteiger partial charge in [-0.3, -0.25) is 9.59 Å². The molecule has 0 amide bonds. The molecule has 1 aromatic rings. The number of ether oxygens (including phenoxy) is 1. The molecule has 0 atom stereocenters. The van der Waals surface area contributed by atoms with Crippen molar-refractivity contribution in [1.82, 2.24) is 0 Å². The maximum absolute atomic E-state index is 11.7. The lowest BCUT2D eigenvalue weighted by Crippen LogP contribution is -2.19. The molecule has 0 aliphatic rings. The van der Waals surface area contributed by atoms with E-state index in [0.29, 0.717) is 5.56 Å². The molecule has 17 heavy (non-hydrogen) atoms. The predicted molar refractivity (Wildman–Crippen MR) is 61.9 cm³/mol. The Morgan fingerprint density at radius 1 is 1.12 bits per heavy atom. The number of esters is 1. The van der Waals surface area contributed by atoms with E-state index >= 15 is 0 Å². The fourth-order valence-electron chi connectivity index (χ4n) is 1.35. The van der Waals surface area contributed by atoms with Crippen molar-refractivity contribution in [3.8, 4) is 0 Å². The van der Waals surface area contributed by atoms with Gasteiger partial charge in [0.15, 0.2) is 5.78 Å². The van der Waals surface area contributed by atoms with Gasteiger partial charge in [-0.15, -0.1) is 0 Å². The highest BCUT2D eigenvalue weighted by molar-refractivity contribution is 6.38. The molecule has 4 heteroatoms. The monoisotopic (exact) mass is 234 g/mol. The van der Waals surface area contributed by atoms with Gasteiger partial charge in [0.1, 0.15) is 0 Å². The molecule has 0 radical (unpaired) electrons. The lowest BCUT2D eigenvalue weighted by atomic mass is 10.0. The van der Waals surface area contributed by atoms with Gasteiger partial charge in [0, 0.05) is 5.56 Å². The summed E-state index contributed by atoms with van der Waals surface area (Å²) < 4.78 is 4.25.